The summed E-state index contributed by atoms with van der Waals surface area (Å²) < 4.78 is 5.55. The molecule has 3 atom stereocenters. The molecule has 4 rings (SSSR count). The fourth-order valence-electron chi connectivity index (χ4n) is 5.24. The second-order valence-corrected chi connectivity index (χ2v) is 10.2. The van der Waals surface area contributed by atoms with E-state index in [2.05, 4.69) is 26.6 Å². The van der Waals surface area contributed by atoms with Crippen LogP contribution < -0.4 is 10.6 Å². The quantitative estimate of drug-likeness (QED) is 0.546. The van der Waals surface area contributed by atoms with Crippen molar-refractivity contribution < 1.29 is 19.1 Å². The van der Waals surface area contributed by atoms with E-state index >= 15 is 0 Å². The average molecular weight is 415 g/mol. The molecule has 0 radical (unpaired) electrons. The zero-order chi connectivity index (χ0) is 18.4. The number of hydrogen-bond acceptors (Lipinski definition) is 4. The van der Waals surface area contributed by atoms with Crippen molar-refractivity contribution in [1.29, 1.82) is 0 Å². The number of halogens is 1. The van der Waals surface area contributed by atoms with Gasteiger partial charge in [0.1, 0.15) is 0 Å². The van der Waals surface area contributed by atoms with Crippen LogP contribution in [0.1, 0.15) is 59.3 Å². The minimum atomic E-state index is -0.982. The van der Waals surface area contributed by atoms with Gasteiger partial charge in [0.15, 0.2) is 6.10 Å². The van der Waals surface area contributed by atoms with Gasteiger partial charge in [-0.1, -0.05) is 15.9 Å². The van der Waals surface area contributed by atoms with Gasteiger partial charge in [-0.3, -0.25) is 14.9 Å². The third-order valence-corrected chi connectivity index (χ3v) is 6.66. The maximum atomic E-state index is 12.9. The zero-order valence-corrected chi connectivity index (χ0v) is 16.6. The zero-order valence-electron chi connectivity index (χ0n) is 15.1. The van der Waals surface area contributed by atoms with Gasteiger partial charge >= 0.3 is 12.0 Å². The van der Waals surface area contributed by atoms with Crippen molar-refractivity contribution in [3.63, 3.8) is 0 Å². The molecule has 7 heteroatoms. The number of carbonyl (C=O) groups is 3. The Morgan fingerprint density at radius 1 is 1.08 bits per heavy atom. The maximum absolute atomic E-state index is 12.9. The number of carbonyl (C=O) groups excluding carboxylic acids is 3. The van der Waals surface area contributed by atoms with Gasteiger partial charge in [0.2, 0.25) is 0 Å². The average Bonchev–Trinajstić information content (AvgIpc) is 2.43. The number of esters is 1. The molecule has 0 heterocycles. The Kier molecular flexibility index (Phi) is 4.90. The van der Waals surface area contributed by atoms with Crippen LogP contribution in [0.15, 0.2) is 0 Å². The number of nitrogens with one attached hydrogen (secondary N) is 2. The van der Waals surface area contributed by atoms with Gasteiger partial charge in [0, 0.05) is 10.4 Å². The van der Waals surface area contributed by atoms with E-state index < -0.39 is 23.5 Å². The lowest BCUT2D eigenvalue weighted by Gasteiger charge is -2.58. The summed E-state index contributed by atoms with van der Waals surface area (Å²) in [6.45, 7) is 5.12. The number of rotatable bonds is 4. The highest BCUT2D eigenvalue weighted by Crippen LogP contribution is 2.64. The lowest BCUT2D eigenvalue weighted by atomic mass is 9.49. The van der Waals surface area contributed by atoms with Crippen molar-refractivity contribution in [1.82, 2.24) is 10.6 Å². The highest BCUT2D eigenvalue weighted by molar-refractivity contribution is 9.10. The van der Waals surface area contributed by atoms with Crippen LogP contribution in [-0.4, -0.2) is 34.4 Å². The molecule has 4 aliphatic rings. The van der Waals surface area contributed by atoms with Crippen LogP contribution in [0.4, 0.5) is 4.79 Å². The summed E-state index contributed by atoms with van der Waals surface area (Å²) in [6, 6.07) is -0.648. The molecule has 0 aromatic carbocycles. The van der Waals surface area contributed by atoms with Crippen LogP contribution in [0, 0.1) is 17.3 Å². The number of amides is 3. The number of urea groups is 1. The number of imide groups is 1. The molecule has 4 aliphatic carbocycles. The first-order valence-corrected chi connectivity index (χ1v) is 9.91. The van der Waals surface area contributed by atoms with E-state index in [1.54, 1.807) is 13.8 Å². The van der Waals surface area contributed by atoms with Crippen LogP contribution >= 0.6 is 15.9 Å². The molecule has 3 unspecified atom stereocenters. The van der Waals surface area contributed by atoms with Crippen molar-refractivity contribution in [2.24, 2.45) is 17.3 Å². The van der Waals surface area contributed by atoms with Gasteiger partial charge in [0.05, 0.1) is 5.41 Å². The molecule has 0 aliphatic heterocycles. The molecule has 4 fully saturated rings. The molecule has 0 spiro atoms. The Morgan fingerprint density at radius 3 is 2.20 bits per heavy atom. The third kappa shape index (κ3) is 3.86. The van der Waals surface area contributed by atoms with E-state index in [-0.39, 0.29) is 16.3 Å². The van der Waals surface area contributed by atoms with E-state index in [4.69, 9.17) is 4.74 Å². The molecule has 0 aromatic rings. The predicted molar refractivity (Wildman–Crippen MR) is 96.1 cm³/mol. The summed E-state index contributed by atoms with van der Waals surface area (Å²) in [7, 11) is 0. The second-order valence-electron chi connectivity index (χ2n) is 8.56. The normalized spacial score (nSPS) is 36.8. The summed E-state index contributed by atoms with van der Waals surface area (Å²) >= 11 is 3.87. The van der Waals surface area contributed by atoms with Crippen molar-refractivity contribution in [2.45, 2.75) is 75.8 Å². The van der Waals surface area contributed by atoms with Crippen molar-refractivity contribution in [3.8, 4) is 0 Å². The first-order chi connectivity index (χ1) is 11.6. The van der Waals surface area contributed by atoms with Gasteiger partial charge in [-0.05, 0) is 71.1 Å². The van der Waals surface area contributed by atoms with Gasteiger partial charge < -0.3 is 10.1 Å². The highest BCUT2D eigenvalue weighted by atomic mass is 79.9. The SMILES string of the molecule is CC(C)NC(=O)NC(=O)C(C)OC(=O)C12CC3CC(CC(Br)(C3)C1)C2. The minimum Gasteiger partial charge on any atom is -0.452 e. The largest absolute Gasteiger partial charge is 0.452 e. The number of hydrogen-bond donors (Lipinski definition) is 2. The smallest absolute Gasteiger partial charge is 0.321 e. The van der Waals surface area contributed by atoms with Crippen LogP contribution in [-0.2, 0) is 14.3 Å². The van der Waals surface area contributed by atoms with Gasteiger partial charge in [-0.2, -0.15) is 0 Å². The summed E-state index contributed by atoms with van der Waals surface area (Å²) in [6.07, 6.45) is 4.98. The fourth-order valence-corrected chi connectivity index (χ4v) is 6.69. The molecule has 4 bridgehead atoms. The van der Waals surface area contributed by atoms with Crippen LogP contribution in [0.5, 0.6) is 0 Å². The lowest BCUT2D eigenvalue weighted by molar-refractivity contribution is -0.176. The molecule has 2 N–H and O–H groups in total. The van der Waals surface area contributed by atoms with Crippen molar-refractivity contribution in [3.05, 3.63) is 0 Å². The van der Waals surface area contributed by atoms with Crippen molar-refractivity contribution in [2.75, 3.05) is 0 Å². The molecule has 0 aromatic heterocycles. The summed E-state index contributed by atoms with van der Waals surface area (Å²) in [5, 5.41) is 4.80. The van der Waals surface area contributed by atoms with Gasteiger partial charge in [-0.15, -0.1) is 0 Å². The lowest BCUT2D eigenvalue weighted by Crippen LogP contribution is -2.57. The molecule has 4 saturated carbocycles. The molecule has 3 amide bonds. The molecule has 0 saturated heterocycles. The summed E-state index contributed by atoms with van der Waals surface area (Å²) in [5.74, 6) is 0.255. The van der Waals surface area contributed by atoms with Gasteiger partial charge in [0.25, 0.3) is 5.91 Å². The fraction of sp³-hybridized carbons (Fsp3) is 0.833. The van der Waals surface area contributed by atoms with E-state index in [1.165, 1.54) is 13.3 Å². The Balaban J connectivity index is 1.60. The van der Waals surface area contributed by atoms with E-state index in [9.17, 15) is 14.4 Å². The van der Waals surface area contributed by atoms with E-state index in [0.717, 1.165) is 32.1 Å². The third-order valence-electron chi connectivity index (χ3n) is 5.73. The van der Waals surface area contributed by atoms with Crippen LogP contribution in [0.3, 0.4) is 0 Å². The maximum Gasteiger partial charge on any atom is 0.321 e. The predicted octanol–water partition coefficient (Wildman–Crippen LogP) is 2.89. The Labute approximate surface area is 156 Å². The van der Waals surface area contributed by atoms with Crippen LogP contribution in [0.25, 0.3) is 0 Å². The number of alkyl halides is 1. The first-order valence-electron chi connectivity index (χ1n) is 9.12. The Bertz CT molecular complexity index is 578. The topological polar surface area (TPSA) is 84.5 Å². The van der Waals surface area contributed by atoms with Crippen LogP contribution in [0.2, 0.25) is 0 Å². The number of ether oxygens (including phenoxy) is 1. The molecule has 6 nitrogen and oxygen atoms in total. The highest BCUT2D eigenvalue weighted by Gasteiger charge is 2.60. The standard InChI is InChI=1S/C18H27BrN2O4/c1-10(2)20-16(24)21-14(22)11(3)25-15(23)17-5-12-4-13(6-17)8-18(19,7-12)9-17/h10-13H,4-9H2,1-3H3,(H2,20,21,22,24). The van der Waals surface area contributed by atoms with E-state index in [1.807, 2.05) is 0 Å². The van der Waals surface area contributed by atoms with E-state index in [0.29, 0.717) is 11.8 Å². The Morgan fingerprint density at radius 2 is 1.68 bits per heavy atom. The molecular weight excluding hydrogens is 388 g/mol. The second kappa shape index (κ2) is 6.56. The summed E-state index contributed by atoms with van der Waals surface area (Å²) in [4.78, 5) is 36.6. The molecular formula is C18H27BrN2O4. The Hall–Kier alpha value is -1.11. The minimum absolute atomic E-state index is 0.0543. The molecule has 25 heavy (non-hydrogen) atoms. The van der Waals surface area contributed by atoms with Gasteiger partial charge in [-0.25, -0.2) is 4.79 Å². The molecule has 140 valence electrons. The van der Waals surface area contributed by atoms with Crippen molar-refractivity contribution >= 4 is 33.8 Å². The summed E-state index contributed by atoms with van der Waals surface area (Å²) in [5.41, 5.74) is -0.470. The monoisotopic (exact) mass is 414 g/mol. The first kappa shape index (κ1) is 18.7.